The van der Waals surface area contributed by atoms with Crippen LogP contribution in [0.25, 0.3) is 10.9 Å². The lowest BCUT2D eigenvalue weighted by Crippen LogP contribution is -2.32. The van der Waals surface area contributed by atoms with Crippen molar-refractivity contribution in [2.45, 2.75) is 38.6 Å². The minimum atomic E-state index is 0.0701. The number of nitrogens with one attached hydrogen (secondary N) is 2. The summed E-state index contributed by atoms with van der Waals surface area (Å²) in [5.74, 6) is 0.0701. The molecule has 4 heteroatoms. The number of aromatic amines is 1. The molecule has 1 unspecified atom stereocenters. The number of rotatable bonds is 7. The van der Waals surface area contributed by atoms with Crippen molar-refractivity contribution >= 4 is 16.8 Å². The van der Waals surface area contributed by atoms with Gasteiger partial charge in [-0.2, -0.15) is 0 Å². The normalized spacial score (nSPS) is 12.5. The van der Waals surface area contributed by atoms with Gasteiger partial charge in [0.25, 0.3) is 0 Å². The third kappa shape index (κ3) is 3.84. The first-order valence-corrected chi connectivity index (χ1v) is 7.16. The Balaban J connectivity index is 1.84. The molecule has 0 spiro atoms. The third-order valence-corrected chi connectivity index (χ3v) is 3.50. The number of hydrogen-bond acceptors (Lipinski definition) is 2. The summed E-state index contributed by atoms with van der Waals surface area (Å²) >= 11 is 0. The first-order valence-electron chi connectivity index (χ1n) is 7.16. The van der Waals surface area contributed by atoms with Crippen LogP contribution in [0.5, 0.6) is 0 Å². The van der Waals surface area contributed by atoms with Crippen molar-refractivity contribution in [3.8, 4) is 0 Å². The number of hydrogen-bond donors (Lipinski definition) is 3. The standard InChI is InChI=1S/C16H22N2O2/c1-12(5-4-10-19)18-16(20)9-8-13-11-17-15-7-3-2-6-14(13)15/h2-3,6-7,11-12,17,19H,4-5,8-10H2,1H3,(H,18,20). The third-order valence-electron chi connectivity index (χ3n) is 3.50. The highest BCUT2D eigenvalue weighted by atomic mass is 16.2. The highest BCUT2D eigenvalue weighted by molar-refractivity contribution is 5.84. The van der Waals surface area contributed by atoms with Gasteiger partial charge in [-0.1, -0.05) is 18.2 Å². The molecule has 2 aromatic rings. The zero-order chi connectivity index (χ0) is 14.4. The van der Waals surface area contributed by atoms with Crippen LogP contribution in [0, 0.1) is 0 Å². The lowest BCUT2D eigenvalue weighted by Gasteiger charge is -2.12. The number of carbonyl (C=O) groups excluding carboxylic acids is 1. The molecular weight excluding hydrogens is 252 g/mol. The van der Waals surface area contributed by atoms with E-state index in [1.54, 1.807) is 0 Å². The zero-order valence-corrected chi connectivity index (χ0v) is 11.9. The number of aliphatic hydroxyl groups excluding tert-OH is 1. The van der Waals surface area contributed by atoms with Crippen molar-refractivity contribution in [1.82, 2.24) is 10.3 Å². The first-order chi connectivity index (χ1) is 9.70. The molecule has 4 nitrogen and oxygen atoms in total. The molecule has 1 aromatic carbocycles. The number of H-pyrrole nitrogens is 1. The summed E-state index contributed by atoms with van der Waals surface area (Å²) in [5, 5.41) is 12.9. The van der Waals surface area contributed by atoms with Gasteiger partial charge in [-0.3, -0.25) is 4.79 Å². The Hall–Kier alpha value is -1.81. The van der Waals surface area contributed by atoms with Gasteiger partial charge in [0.1, 0.15) is 0 Å². The van der Waals surface area contributed by atoms with E-state index in [1.165, 1.54) is 10.9 Å². The van der Waals surface area contributed by atoms with Crippen LogP contribution >= 0.6 is 0 Å². The fraction of sp³-hybridized carbons (Fsp3) is 0.438. The monoisotopic (exact) mass is 274 g/mol. The molecule has 0 saturated carbocycles. The molecule has 0 radical (unpaired) electrons. The van der Waals surface area contributed by atoms with Crippen LogP contribution in [0.15, 0.2) is 30.5 Å². The van der Waals surface area contributed by atoms with Crippen LogP contribution in [0.3, 0.4) is 0 Å². The Kier molecular flexibility index (Phi) is 5.18. The maximum absolute atomic E-state index is 11.9. The predicted molar refractivity (Wildman–Crippen MR) is 80.5 cm³/mol. The van der Waals surface area contributed by atoms with E-state index in [-0.39, 0.29) is 18.6 Å². The van der Waals surface area contributed by atoms with Crippen LogP contribution < -0.4 is 5.32 Å². The average molecular weight is 274 g/mol. The Morgan fingerprint density at radius 2 is 2.20 bits per heavy atom. The van der Waals surface area contributed by atoms with E-state index in [0.717, 1.165) is 24.8 Å². The summed E-state index contributed by atoms with van der Waals surface area (Å²) in [6, 6.07) is 8.24. The number of carbonyl (C=O) groups is 1. The number of aryl methyl sites for hydroxylation is 1. The molecule has 0 bridgehead atoms. The highest BCUT2D eigenvalue weighted by Gasteiger charge is 2.09. The summed E-state index contributed by atoms with van der Waals surface area (Å²) < 4.78 is 0. The Bertz CT molecular complexity index is 562. The van der Waals surface area contributed by atoms with Crippen molar-refractivity contribution in [2.75, 3.05) is 6.61 Å². The smallest absolute Gasteiger partial charge is 0.220 e. The van der Waals surface area contributed by atoms with Crippen molar-refractivity contribution < 1.29 is 9.90 Å². The topological polar surface area (TPSA) is 65.1 Å². The maximum atomic E-state index is 11.9. The molecule has 108 valence electrons. The molecule has 1 amide bonds. The van der Waals surface area contributed by atoms with Gasteiger partial charge in [0, 0.05) is 36.2 Å². The van der Waals surface area contributed by atoms with Gasteiger partial charge >= 0.3 is 0 Å². The summed E-state index contributed by atoms with van der Waals surface area (Å²) in [6.45, 7) is 2.15. The second-order valence-corrected chi connectivity index (χ2v) is 5.19. The lowest BCUT2D eigenvalue weighted by atomic mass is 10.1. The van der Waals surface area contributed by atoms with Crippen LogP contribution in [0.4, 0.5) is 0 Å². The van der Waals surface area contributed by atoms with Gasteiger partial charge in [0.15, 0.2) is 0 Å². The van der Waals surface area contributed by atoms with Gasteiger partial charge in [-0.25, -0.2) is 0 Å². The summed E-state index contributed by atoms with van der Waals surface area (Å²) in [7, 11) is 0. The average Bonchev–Trinajstić information content (AvgIpc) is 2.86. The molecule has 3 N–H and O–H groups in total. The molecule has 0 saturated heterocycles. The van der Waals surface area contributed by atoms with E-state index in [0.29, 0.717) is 6.42 Å². The van der Waals surface area contributed by atoms with Gasteiger partial charge in [-0.05, 0) is 37.8 Å². The predicted octanol–water partition coefficient (Wildman–Crippen LogP) is 2.38. The Morgan fingerprint density at radius 3 is 3.00 bits per heavy atom. The first kappa shape index (κ1) is 14.6. The minimum absolute atomic E-state index is 0.0701. The molecule has 0 fully saturated rings. The zero-order valence-electron chi connectivity index (χ0n) is 11.9. The Labute approximate surface area is 119 Å². The summed E-state index contributed by atoms with van der Waals surface area (Å²) in [4.78, 5) is 15.1. The molecule has 0 aliphatic carbocycles. The molecule has 1 aromatic heterocycles. The van der Waals surface area contributed by atoms with E-state index in [1.807, 2.05) is 31.3 Å². The number of para-hydroxylation sites is 1. The fourth-order valence-electron chi connectivity index (χ4n) is 2.40. The SMILES string of the molecule is CC(CCCO)NC(=O)CCc1c[nH]c2ccccc12. The van der Waals surface area contributed by atoms with Crippen LogP contribution in [-0.4, -0.2) is 28.6 Å². The lowest BCUT2D eigenvalue weighted by molar-refractivity contribution is -0.121. The molecule has 1 atom stereocenters. The van der Waals surface area contributed by atoms with Gasteiger partial charge in [0.2, 0.25) is 5.91 Å². The molecule has 2 rings (SSSR count). The summed E-state index contributed by atoms with van der Waals surface area (Å²) in [6.07, 6.45) is 4.75. The summed E-state index contributed by atoms with van der Waals surface area (Å²) in [5.41, 5.74) is 2.29. The van der Waals surface area contributed by atoms with Crippen LogP contribution in [0.2, 0.25) is 0 Å². The number of fused-ring (bicyclic) bond motifs is 1. The second kappa shape index (κ2) is 7.10. The quantitative estimate of drug-likeness (QED) is 0.725. The molecular formula is C16H22N2O2. The van der Waals surface area contributed by atoms with E-state index < -0.39 is 0 Å². The maximum Gasteiger partial charge on any atom is 0.220 e. The largest absolute Gasteiger partial charge is 0.396 e. The number of aliphatic hydroxyl groups is 1. The van der Waals surface area contributed by atoms with Gasteiger partial charge in [0.05, 0.1) is 0 Å². The van der Waals surface area contributed by atoms with Crippen molar-refractivity contribution in [3.63, 3.8) is 0 Å². The number of benzene rings is 1. The fourth-order valence-corrected chi connectivity index (χ4v) is 2.40. The van der Waals surface area contributed by atoms with E-state index in [4.69, 9.17) is 5.11 Å². The Morgan fingerprint density at radius 1 is 1.40 bits per heavy atom. The minimum Gasteiger partial charge on any atom is -0.396 e. The van der Waals surface area contributed by atoms with E-state index >= 15 is 0 Å². The van der Waals surface area contributed by atoms with Crippen LogP contribution in [0.1, 0.15) is 31.7 Å². The molecule has 20 heavy (non-hydrogen) atoms. The molecule has 1 heterocycles. The van der Waals surface area contributed by atoms with Crippen molar-refractivity contribution in [1.29, 1.82) is 0 Å². The van der Waals surface area contributed by atoms with Crippen LogP contribution in [-0.2, 0) is 11.2 Å². The second-order valence-electron chi connectivity index (χ2n) is 5.19. The van der Waals surface area contributed by atoms with Gasteiger partial charge < -0.3 is 15.4 Å². The molecule has 0 aliphatic heterocycles. The van der Waals surface area contributed by atoms with E-state index in [2.05, 4.69) is 16.4 Å². The van der Waals surface area contributed by atoms with Crippen molar-refractivity contribution in [2.24, 2.45) is 0 Å². The number of aromatic nitrogens is 1. The highest BCUT2D eigenvalue weighted by Crippen LogP contribution is 2.18. The van der Waals surface area contributed by atoms with E-state index in [9.17, 15) is 4.79 Å². The number of amides is 1. The van der Waals surface area contributed by atoms with Gasteiger partial charge in [-0.15, -0.1) is 0 Å². The molecule has 0 aliphatic rings. The van der Waals surface area contributed by atoms with Crippen molar-refractivity contribution in [3.05, 3.63) is 36.0 Å².